The van der Waals surface area contributed by atoms with Gasteiger partial charge in [-0.25, -0.2) is 0 Å². The van der Waals surface area contributed by atoms with Gasteiger partial charge in [0.05, 0.1) is 6.61 Å². The average Bonchev–Trinajstić information content (AvgIpc) is 2.22. The molecule has 0 amide bonds. The summed E-state index contributed by atoms with van der Waals surface area (Å²) in [6.07, 6.45) is -0.182. The van der Waals surface area contributed by atoms with Crippen molar-refractivity contribution in [2.75, 3.05) is 6.61 Å². The summed E-state index contributed by atoms with van der Waals surface area (Å²) in [4.78, 5) is 23.0. The Bertz CT molecular complexity index is 408. The summed E-state index contributed by atoms with van der Waals surface area (Å²) in [6, 6.07) is 5.50. The molecular formula is C13H16O3. The highest BCUT2D eigenvalue weighted by molar-refractivity contribution is 6.06. The van der Waals surface area contributed by atoms with E-state index in [2.05, 4.69) is 0 Å². The van der Waals surface area contributed by atoms with E-state index in [1.165, 1.54) is 0 Å². The molecule has 86 valence electrons. The normalized spacial score (nSPS) is 9.94. The van der Waals surface area contributed by atoms with E-state index in [1.807, 2.05) is 26.0 Å². The molecular weight excluding hydrogens is 204 g/mol. The number of benzene rings is 1. The highest BCUT2D eigenvalue weighted by Crippen LogP contribution is 2.14. The predicted octanol–water partition coefficient (Wildman–Crippen LogP) is 2.44. The Morgan fingerprint density at radius 1 is 1.25 bits per heavy atom. The lowest BCUT2D eigenvalue weighted by Crippen LogP contribution is -2.12. The van der Waals surface area contributed by atoms with Crippen LogP contribution in [0.5, 0.6) is 0 Å². The molecule has 1 aromatic rings. The summed E-state index contributed by atoms with van der Waals surface area (Å²) in [5.41, 5.74) is 2.58. The van der Waals surface area contributed by atoms with Crippen LogP contribution in [0.25, 0.3) is 0 Å². The summed E-state index contributed by atoms with van der Waals surface area (Å²) in [6.45, 7) is 5.85. The van der Waals surface area contributed by atoms with Crippen molar-refractivity contribution in [3.63, 3.8) is 0 Å². The van der Waals surface area contributed by atoms with Crippen LogP contribution in [0.3, 0.4) is 0 Å². The van der Waals surface area contributed by atoms with E-state index in [4.69, 9.17) is 4.74 Å². The van der Waals surface area contributed by atoms with Gasteiger partial charge in [0, 0.05) is 5.56 Å². The first-order valence-corrected chi connectivity index (χ1v) is 5.31. The van der Waals surface area contributed by atoms with Crippen molar-refractivity contribution in [3.05, 3.63) is 34.9 Å². The smallest absolute Gasteiger partial charge is 0.313 e. The SMILES string of the molecule is CCOC(=O)CC(=O)c1cccc(C)c1C. The maximum atomic E-state index is 11.8. The highest BCUT2D eigenvalue weighted by Gasteiger charge is 2.14. The van der Waals surface area contributed by atoms with Crippen molar-refractivity contribution >= 4 is 11.8 Å². The second kappa shape index (κ2) is 5.45. The van der Waals surface area contributed by atoms with Crippen molar-refractivity contribution in [1.29, 1.82) is 0 Å². The number of esters is 1. The van der Waals surface area contributed by atoms with Gasteiger partial charge < -0.3 is 4.74 Å². The maximum Gasteiger partial charge on any atom is 0.313 e. The Labute approximate surface area is 95.4 Å². The van der Waals surface area contributed by atoms with Gasteiger partial charge in [0.25, 0.3) is 0 Å². The third-order valence-corrected chi connectivity index (χ3v) is 2.52. The monoisotopic (exact) mass is 220 g/mol. The quantitative estimate of drug-likeness (QED) is 0.444. The number of hydrogen-bond donors (Lipinski definition) is 0. The molecule has 0 aliphatic rings. The first-order valence-electron chi connectivity index (χ1n) is 5.31. The Kier molecular flexibility index (Phi) is 4.23. The molecule has 1 aromatic carbocycles. The van der Waals surface area contributed by atoms with Gasteiger partial charge in [-0.15, -0.1) is 0 Å². The summed E-state index contributed by atoms with van der Waals surface area (Å²) >= 11 is 0. The topological polar surface area (TPSA) is 43.4 Å². The minimum atomic E-state index is -0.464. The van der Waals surface area contributed by atoms with Crippen LogP contribution in [-0.4, -0.2) is 18.4 Å². The minimum Gasteiger partial charge on any atom is -0.466 e. The second-order valence-corrected chi connectivity index (χ2v) is 3.65. The zero-order valence-electron chi connectivity index (χ0n) is 9.87. The van der Waals surface area contributed by atoms with Gasteiger partial charge in [0.2, 0.25) is 0 Å². The van der Waals surface area contributed by atoms with Crippen LogP contribution in [0, 0.1) is 13.8 Å². The van der Waals surface area contributed by atoms with Crippen LogP contribution in [0.2, 0.25) is 0 Å². The molecule has 16 heavy (non-hydrogen) atoms. The van der Waals surface area contributed by atoms with Crippen LogP contribution in [0.4, 0.5) is 0 Å². The van der Waals surface area contributed by atoms with Crippen LogP contribution in [-0.2, 0) is 9.53 Å². The number of rotatable bonds is 4. The van der Waals surface area contributed by atoms with Crippen LogP contribution >= 0.6 is 0 Å². The maximum absolute atomic E-state index is 11.8. The molecule has 3 heteroatoms. The molecule has 0 fully saturated rings. The Hall–Kier alpha value is -1.64. The lowest BCUT2D eigenvalue weighted by atomic mass is 9.99. The van der Waals surface area contributed by atoms with Gasteiger partial charge in [-0.05, 0) is 31.9 Å². The number of ether oxygens (including phenoxy) is 1. The Morgan fingerprint density at radius 2 is 1.94 bits per heavy atom. The Balaban J connectivity index is 2.81. The van der Waals surface area contributed by atoms with E-state index in [9.17, 15) is 9.59 Å². The third kappa shape index (κ3) is 2.92. The zero-order valence-corrected chi connectivity index (χ0v) is 9.87. The number of aryl methyl sites for hydroxylation is 1. The van der Waals surface area contributed by atoms with Crippen molar-refractivity contribution < 1.29 is 14.3 Å². The summed E-state index contributed by atoms with van der Waals surface area (Å²) < 4.78 is 4.74. The molecule has 0 aliphatic carbocycles. The summed E-state index contributed by atoms with van der Waals surface area (Å²) in [5, 5.41) is 0. The molecule has 0 bridgehead atoms. The van der Waals surface area contributed by atoms with Gasteiger partial charge in [-0.2, -0.15) is 0 Å². The van der Waals surface area contributed by atoms with Crippen molar-refractivity contribution in [2.24, 2.45) is 0 Å². The van der Waals surface area contributed by atoms with Crippen molar-refractivity contribution in [2.45, 2.75) is 27.2 Å². The molecule has 0 atom stereocenters. The van der Waals surface area contributed by atoms with E-state index >= 15 is 0 Å². The Morgan fingerprint density at radius 3 is 2.56 bits per heavy atom. The van der Waals surface area contributed by atoms with E-state index in [0.29, 0.717) is 12.2 Å². The fourth-order valence-electron chi connectivity index (χ4n) is 1.49. The molecule has 0 aliphatic heterocycles. The van der Waals surface area contributed by atoms with Crippen LogP contribution < -0.4 is 0 Å². The fraction of sp³-hybridized carbons (Fsp3) is 0.385. The molecule has 0 heterocycles. The van der Waals surface area contributed by atoms with Gasteiger partial charge >= 0.3 is 5.97 Å². The molecule has 0 saturated heterocycles. The minimum absolute atomic E-state index is 0.181. The van der Waals surface area contributed by atoms with Crippen molar-refractivity contribution in [3.8, 4) is 0 Å². The fourth-order valence-corrected chi connectivity index (χ4v) is 1.49. The standard InChI is InChI=1S/C13H16O3/c1-4-16-13(15)8-12(14)11-7-5-6-9(2)10(11)3/h5-7H,4,8H2,1-3H3. The first kappa shape index (κ1) is 12.4. The lowest BCUT2D eigenvalue weighted by Gasteiger charge is -2.07. The summed E-state index contributed by atoms with van der Waals surface area (Å²) in [5.74, 6) is -0.645. The van der Waals surface area contributed by atoms with Gasteiger partial charge in [-0.3, -0.25) is 9.59 Å². The molecule has 1 rings (SSSR count). The zero-order chi connectivity index (χ0) is 12.1. The van der Waals surface area contributed by atoms with Crippen LogP contribution in [0.1, 0.15) is 34.8 Å². The number of hydrogen-bond acceptors (Lipinski definition) is 3. The lowest BCUT2D eigenvalue weighted by molar-refractivity contribution is -0.141. The number of Topliss-reactive ketones (excluding diaryl/α,β-unsaturated/α-hetero) is 1. The van der Waals surface area contributed by atoms with E-state index in [-0.39, 0.29) is 12.2 Å². The van der Waals surface area contributed by atoms with Crippen molar-refractivity contribution in [1.82, 2.24) is 0 Å². The summed E-state index contributed by atoms with van der Waals surface area (Å²) in [7, 11) is 0. The van der Waals surface area contributed by atoms with Gasteiger partial charge in [0.15, 0.2) is 5.78 Å². The van der Waals surface area contributed by atoms with E-state index in [0.717, 1.165) is 11.1 Å². The molecule has 0 spiro atoms. The van der Waals surface area contributed by atoms with Gasteiger partial charge in [0.1, 0.15) is 6.42 Å². The number of carbonyl (C=O) groups is 2. The third-order valence-electron chi connectivity index (χ3n) is 2.52. The van der Waals surface area contributed by atoms with Gasteiger partial charge in [-0.1, -0.05) is 18.2 Å². The number of ketones is 1. The molecule has 3 nitrogen and oxygen atoms in total. The number of carbonyl (C=O) groups excluding carboxylic acids is 2. The molecule has 0 N–H and O–H groups in total. The predicted molar refractivity (Wildman–Crippen MR) is 61.5 cm³/mol. The van der Waals surface area contributed by atoms with Crippen LogP contribution in [0.15, 0.2) is 18.2 Å². The molecule has 0 saturated carbocycles. The van der Waals surface area contributed by atoms with E-state index < -0.39 is 5.97 Å². The average molecular weight is 220 g/mol. The largest absolute Gasteiger partial charge is 0.466 e. The molecule has 0 radical (unpaired) electrons. The molecule has 0 aromatic heterocycles. The first-order chi connectivity index (χ1) is 7.56. The van der Waals surface area contributed by atoms with E-state index in [1.54, 1.807) is 13.0 Å². The molecule has 0 unspecified atom stereocenters. The second-order valence-electron chi connectivity index (χ2n) is 3.65. The highest BCUT2D eigenvalue weighted by atomic mass is 16.5.